The molecular weight excluding hydrogens is 526 g/mol. The Morgan fingerprint density at radius 1 is 0.524 bits per heavy atom. The van der Waals surface area contributed by atoms with Crippen LogP contribution >= 0.6 is 0 Å². The molecule has 0 aliphatic heterocycles. The average molecular weight is 574 g/mol. The van der Waals surface area contributed by atoms with Crippen LogP contribution in [0.25, 0.3) is 0 Å². The fraction of sp³-hybridized carbons (Fsp3) is 0.444. The van der Waals surface area contributed by atoms with E-state index in [4.69, 9.17) is 14.2 Å². The van der Waals surface area contributed by atoms with Crippen LogP contribution in [0.4, 0.5) is 5.69 Å². The number of carbonyl (C=O) groups excluding carboxylic acids is 2. The van der Waals surface area contributed by atoms with Gasteiger partial charge in [-0.3, -0.25) is 4.79 Å². The predicted molar refractivity (Wildman–Crippen MR) is 170 cm³/mol. The van der Waals surface area contributed by atoms with Gasteiger partial charge in [-0.1, -0.05) is 78.1 Å². The number of unbranched alkanes of at least 4 members (excludes halogenated alkanes) is 10. The zero-order valence-corrected chi connectivity index (χ0v) is 25.4. The van der Waals surface area contributed by atoms with Crippen molar-refractivity contribution in [2.45, 2.75) is 90.9 Å². The van der Waals surface area contributed by atoms with Crippen molar-refractivity contribution >= 4 is 17.6 Å². The number of hydrogen-bond donors (Lipinski definition) is 1. The molecule has 0 radical (unpaired) electrons. The molecule has 0 aliphatic rings. The molecule has 0 bridgehead atoms. The summed E-state index contributed by atoms with van der Waals surface area (Å²) < 4.78 is 17.0. The van der Waals surface area contributed by atoms with E-state index >= 15 is 0 Å². The predicted octanol–water partition coefficient (Wildman–Crippen LogP) is 9.64. The van der Waals surface area contributed by atoms with Gasteiger partial charge in [0, 0.05) is 11.3 Å². The number of ether oxygens (including phenoxy) is 3. The van der Waals surface area contributed by atoms with Crippen LogP contribution in [0, 0.1) is 0 Å². The molecule has 0 saturated carbocycles. The van der Waals surface area contributed by atoms with E-state index in [0.717, 1.165) is 30.8 Å². The van der Waals surface area contributed by atoms with Gasteiger partial charge >= 0.3 is 5.97 Å². The zero-order valence-electron chi connectivity index (χ0n) is 25.4. The van der Waals surface area contributed by atoms with E-state index in [-0.39, 0.29) is 5.91 Å². The Kier molecular flexibility index (Phi) is 15.1. The summed E-state index contributed by atoms with van der Waals surface area (Å²) in [5, 5.41) is 2.87. The molecule has 3 aromatic rings. The average Bonchev–Trinajstić information content (AvgIpc) is 3.01. The van der Waals surface area contributed by atoms with E-state index in [9.17, 15) is 9.59 Å². The first-order chi connectivity index (χ1) is 20.6. The third-order valence-electron chi connectivity index (χ3n) is 7.06. The number of amides is 1. The summed E-state index contributed by atoms with van der Waals surface area (Å²) in [5.41, 5.74) is 1.57. The second-order valence-corrected chi connectivity index (χ2v) is 10.6. The van der Waals surface area contributed by atoms with Crippen molar-refractivity contribution in [1.82, 2.24) is 0 Å². The van der Waals surface area contributed by atoms with Gasteiger partial charge in [0.05, 0.1) is 18.8 Å². The second-order valence-electron chi connectivity index (χ2n) is 10.6. The lowest BCUT2D eigenvalue weighted by Gasteiger charge is -2.09. The van der Waals surface area contributed by atoms with Crippen LogP contribution in [0.3, 0.4) is 0 Å². The van der Waals surface area contributed by atoms with Gasteiger partial charge in [0.1, 0.15) is 17.2 Å². The van der Waals surface area contributed by atoms with Crippen molar-refractivity contribution < 1.29 is 23.8 Å². The van der Waals surface area contributed by atoms with E-state index in [2.05, 4.69) is 19.2 Å². The van der Waals surface area contributed by atoms with Crippen LogP contribution in [-0.4, -0.2) is 25.1 Å². The van der Waals surface area contributed by atoms with Crippen LogP contribution in [-0.2, 0) is 0 Å². The van der Waals surface area contributed by atoms with Crippen molar-refractivity contribution in [2.24, 2.45) is 0 Å². The number of anilines is 1. The minimum Gasteiger partial charge on any atom is -0.494 e. The normalized spacial score (nSPS) is 10.7. The van der Waals surface area contributed by atoms with Crippen LogP contribution in [0.5, 0.6) is 17.2 Å². The van der Waals surface area contributed by atoms with Gasteiger partial charge in [-0.25, -0.2) is 4.79 Å². The third-order valence-corrected chi connectivity index (χ3v) is 7.06. The quantitative estimate of drug-likeness (QED) is 0.0827. The van der Waals surface area contributed by atoms with Gasteiger partial charge in [-0.05, 0) is 85.6 Å². The molecule has 0 aromatic heterocycles. The highest BCUT2D eigenvalue weighted by molar-refractivity contribution is 6.04. The van der Waals surface area contributed by atoms with E-state index in [0.29, 0.717) is 35.8 Å². The van der Waals surface area contributed by atoms with Gasteiger partial charge in [0.15, 0.2) is 0 Å². The first kappa shape index (κ1) is 32.7. The van der Waals surface area contributed by atoms with Gasteiger partial charge in [0.2, 0.25) is 0 Å². The van der Waals surface area contributed by atoms with E-state index in [1.54, 1.807) is 48.5 Å². The highest BCUT2D eigenvalue weighted by atomic mass is 16.5. The number of rotatable bonds is 20. The van der Waals surface area contributed by atoms with Crippen LogP contribution in [0.15, 0.2) is 72.8 Å². The number of esters is 1. The minimum atomic E-state index is -0.463. The molecule has 6 nitrogen and oxygen atoms in total. The fourth-order valence-corrected chi connectivity index (χ4v) is 4.48. The van der Waals surface area contributed by atoms with Gasteiger partial charge in [0.25, 0.3) is 5.91 Å². The smallest absolute Gasteiger partial charge is 0.343 e. The summed E-state index contributed by atoms with van der Waals surface area (Å²) in [5.74, 6) is 1.18. The van der Waals surface area contributed by atoms with Gasteiger partial charge in [-0.2, -0.15) is 0 Å². The van der Waals surface area contributed by atoms with E-state index < -0.39 is 5.97 Å². The number of benzene rings is 3. The standard InChI is InChI=1S/C36H47NO5/c1-3-5-7-8-9-10-11-12-13-14-28-41-32-21-17-30(18-22-32)36(39)42-34-23-15-29(16-24-34)35(38)37-31-19-25-33(26-20-31)40-27-6-4-2/h15-26H,3-14,27-28H2,1-2H3,(H,37,38). The molecule has 226 valence electrons. The van der Waals surface area contributed by atoms with Crippen LogP contribution in [0.2, 0.25) is 0 Å². The fourth-order valence-electron chi connectivity index (χ4n) is 4.48. The lowest BCUT2D eigenvalue weighted by molar-refractivity contribution is 0.0734. The Balaban J connectivity index is 1.34. The molecule has 0 saturated heterocycles. The maximum Gasteiger partial charge on any atom is 0.343 e. The van der Waals surface area contributed by atoms with Crippen molar-refractivity contribution in [3.05, 3.63) is 83.9 Å². The van der Waals surface area contributed by atoms with Crippen molar-refractivity contribution in [1.29, 1.82) is 0 Å². The van der Waals surface area contributed by atoms with E-state index in [1.807, 2.05) is 24.3 Å². The SMILES string of the molecule is CCCCCCCCCCCCOc1ccc(C(=O)Oc2ccc(C(=O)Nc3ccc(OCCCC)cc3)cc2)cc1. The largest absolute Gasteiger partial charge is 0.494 e. The lowest BCUT2D eigenvalue weighted by atomic mass is 10.1. The first-order valence-corrected chi connectivity index (χ1v) is 15.7. The molecule has 0 aliphatic carbocycles. The molecule has 0 heterocycles. The highest BCUT2D eigenvalue weighted by Gasteiger charge is 2.11. The van der Waals surface area contributed by atoms with E-state index in [1.165, 1.54) is 57.8 Å². The molecular formula is C36H47NO5. The molecule has 3 rings (SSSR count). The molecule has 0 unspecified atom stereocenters. The number of nitrogens with one attached hydrogen (secondary N) is 1. The Hall–Kier alpha value is -3.80. The molecule has 42 heavy (non-hydrogen) atoms. The third kappa shape index (κ3) is 12.4. The molecule has 1 amide bonds. The molecule has 0 fully saturated rings. The maximum absolute atomic E-state index is 12.6. The summed E-state index contributed by atoms with van der Waals surface area (Å²) in [7, 11) is 0. The van der Waals surface area contributed by atoms with Gasteiger partial charge < -0.3 is 19.5 Å². The Morgan fingerprint density at radius 2 is 0.976 bits per heavy atom. The first-order valence-electron chi connectivity index (χ1n) is 15.7. The summed E-state index contributed by atoms with van der Waals surface area (Å²) in [6.45, 7) is 5.73. The van der Waals surface area contributed by atoms with Crippen molar-refractivity contribution in [2.75, 3.05) is 18.5 Å². The maximum atomic E-state index is 12.6. The Labute approximate surface area is 251 Å². The number of carbonyl (C=O) groups is 2. The minimum absolute atomic E-state index is 0.249. The Bertz CT molecular complexity index is 1170. The molecule has 6 heteroatoms. The Morgan fingerprint density at radius 3 is 1.55 bits per heavy atom. The van der Waals surface area contributed by atoms with Crippen LogP contribution in [0.1, 0.15) is 112 Å². The summed E-state index contributed by atoms with van der Waals surface area (Å²) in [6, 6.07) is 20.8. The summed E-state index contributed by atoms with van der Waals surface area (Å²) in [4.78, 5) is 25.2. The second kappa shape index (κ2) is 19.3. The van der Waals surface area contributed by atoms with Crippen LogP contribution < -0.4 is 19.5 Å². The summed E-state index contributed by atoms with van der Waals surface area (Å²) >= 11 is 0. The molecule has 0 spiro atoms. The lowest BCUT2D eigenvalue weighted by Crippen LogP contribution is -2.12. The topological polar surface area (TPSA) is 73.9 Å². The molecule has 1 N–H and O–H groups in total. The number of hydrogen-bond acceptors (Lipinski definition) is 5. The highest BCUT2D eigenvalue weighted by Crippen LogP contribution is 2.20. The zero-order chi connectivity index (χ0) is 29.8. The van der Waals surface area contributed by atoms with Crippen molar-refractivity contribution in [3.8, 4) is 17.2 Å². The van der Waals surface area contributed by atoms with Gasteiger partial charge in [-0.15, -0.1) is 0 Å². The summed E-state index contributed by atoms with van der Waals surface area (Å²) in [6.07, 6.45) is 15.0. The molecule has 3 aromatic carbocycles. The monoisotopic (exact) mass is 573 g/mol. The molecule has 0 atom stereocenters. The van der Waals surface area contributed by atoms with Crippen molar-refractivity contribution in [3.63, 3.8) is 0 Å².